The van der Waals surface area contributed by atoms with E-state index in [1.807, 2.05) is 12.1 Å². The number of benzene rings is 1. The first-order chi connectivity index (χ1) is 6.49. The Hall–Kier alpha value is -0.830. The summed E-state index contributed by atoms with van der Waals surface area (Å²) >= 11 is 3.42. The Morgan fingerprint density at radius 1 is 1.36 bits per heavy atom. The van der Waals surface area contributed by atoms with Gasteiger partial charge in [-0.3, -0.25) is 4.79 Å². The van der Waals surface area contributed by atoms with E-state index in [1.165, 1.54) is 12.5 Å². The van der Waals surface area contributed by atoms with Gasteiger partial charge in [0.05, 0.1) is 0 Å². The molecule has 0 radical (unpaired) electrons. The Balaban J connectivity index is 3.01. The van der Waals surface area contributed by atoms with Crippen molar-refractivity contribution < 1.29 is 4.79 Å². The van der Waals surface area contributed by atoms with Gasteiger partial charge in [-0.1, -0.05) is 29.8 Å². The molecule has 2 nitrogen and oxygen atoms in total. The Kier molecular flexibility index (Phi) is 3.69. The molecule has 0 saturated heterocycles. The summed E-state index contributed by atoms with van der Waals surface area (Å²) in [4.78, 5) is 10.9. The van der Waals surface area contributed by atoms with Crippen LogP contribution in [0.4, 0.5) is 5.69 Å². The zero-order chi connectivity index (χ0) is 10.7. The molecule has 0 spiro atoms. The van der Waals surface area contributed by atoms with E-state index >= 15 is 0 Å². The van der Waals surface area contributed by atoms with Gasteiger partial charge in [-0.05, 0) is 29.7 Å². The summed E-state index contributed by atoms with van der Waals surface area (Å²) < 4.78 is 0.993. The standard InChI is InChI=1S/C11H14BrNO/c1-7(2)9-4-10(12)6-11(5-9)13-8(3)14/h4-7H,1-3H3,(H,13,14). The smallest absolute Gasteiger partial charge is 0.221 e. The number of nitrogens with one attached hydrogen (secondary N) is 1. The third kappa shape index (κ3) is 3.14. The fraction of sp³-hybridized carbons (Fsp3) is 0.364. The lowest BCUT2D eigenvalue weighted by Gasteiger charge is -2.09. The number of amides is 1. The molecule has 76 valence electrons. The predicted molar refractivity (Wildman–Crippen MR) is 62.5 cm³/mol. The van der Waals surface area contributed by atoms with Crippen LogP contribution < -0.4 is 5.32 Å². The highest BCUT2D eigenvalue weighted by molar-refractivity contribution is 9.10. The van der Waals surface area contributed by atoms with Crippen LogP contribution in [-0.4, -0.2) is 5.91 Å². The molecular formula is C11H14BrNO. The van der Waals surface area contributed by atoms with Crippen LogP contribution in [0.3, 0.4) is 0 Å². The topological polar surface area (TPSA) is 29.1 Å². The number of halogens is 1. The molecule has 0 aliphatic heterocycles. The van der Waals surface area contributed by atoms with E-state index in [0.29, 0.717) is 5.92 Å². The molecule has 1 aromatic rings. The maximum absolute atomic E-state index is 10.9. The second-order valence-electron chi connectivity index (χ2n) is 3.61. The second-order valence-corrected chi connectivity index (χ2v) is 4.52. The van der Waals surface area contributed by atoms with Gasteiger partial charge in [-0.2, -0.15) is 0 Å². The van der Waals surface area contributed by atoms with Gasteiger partial charge in [0.1, 0.15) is 0 Å². The highest BCUT2D eigenvalue weighted by atomic mass is 79.9. The van der Waals surface area contributed by atoms with Crippen molar-refractivity contribution in [3.63, 3.8) is 0 Å². The van der Waals surface area contributed by atoms with Gasteiger partial charge >= 0.3 is 0 Å². The minimum Gasteiger partial charge on any atom is -0.326 e. The van der Waals surface area contributed by atoms with Gasteiger partial charge in [0, 0.05) is 17.1 Å². The van der Waals surface area contributed by atoms with E-state index in [1.54, 1.807) is 0 Å². The Bertz CT molecular complexity index is 347. The van der Waals surface area contributed by atoms with Crippen LogP contribution in [0.15, 0.2) is 22.7 Å². The molecule has 0 bridgehead atoms. The molecule has 1 amide bonds. The van der Waals surface area contributed by atoms with Gasteiger partial charge in [0.25, 0.3) is 0 Å². The number of carbonyl (C=O) groups is 1. The molecule has 0 atom stereocenters. The largest absolute Gasteiger partial charge is 0.326 e. The summed E-state index contributed by atoms with van der Waals surface area (Å²) in [6.45, 7) is 5.76. The van der Waals surface area contributed by atoms with Gasteiger partial charge in [-0.15, -0.1) is 0 Å². The van der Waals surface area contributed by atoms with Crippen molar-refractivity contribution >= 4 is 27.5 Å². The molecule has 0 aliphatic carbocycles. The molecule has 0 aliphatic rings. The lowest BCUT2D eigenvalue weighted by molar-refractivity contribution is -0.114. The van der Waals surface area contributed by atoms with Crippen LogP contribution in [0.5, 0.6) is 0 Å². The van der Waals surface area contributed by atoms with Crippen LogP contribution in [0.2, 0.25) is 0 Å². The van der Waals surface area contributed by atoms with Crippen LogP contribution >= 0.6 is 15.9 Å². The van der Waals surface area contributed by atoms with Crippen molar-refractivity contribution in [1.82, 2.24) is 0 Å². The SMILES string of the molecule is CC(=O)Nc1cc(Br)cc(C(C)C)c1. The van der Waals surface area contributed by atoms with Crippen molar-refractivity contribution in [2.24, 2.45) is 0 Å². The van der Waals surface area contributed by atoms with Crippen LogP contribution in [0.25, 0.3) is 0 Å². The van der Waals surface area contributed by atoms with Crippen molar-refractivity contribution in [1.29, 1.82) is 0 Å². The molecule has 1 N–H and O–H groups in total. The monoisotopic (exact) mass is 255 g/mol. The quantitative estimate of drug-likeness (QED) is 0.861. The molecule has 1 aromatic carbocycles. The number of hydrogen-bond donors (Lipinski definition) is 1. The van der Waals surface area contributed by atoms with Gasteiger partial charge in [-0.25, -0.2) is 0 Å². The Morgan fingerprint density at radius 2 is 2.00 bits per heavy atom. The highest BCUT2D eigenvalue weighted by Gasteiger charge is 2.03. The lowest BCUT2D eigenvalue weighted by atomic mass is 10.0. The fourth-order valence-corrected chi connectivity index (χ4v) is 1.73. The van der Waals surface area contributed by atoms with E-state index in [0.717, 1.165) is 10.2 Å². The Labute approximate surface area is 92.8 Å². The molecule has 0 saturated carbocycles. The van der Waals surface area contributed by atoms with Crippen molar-refractivity contribution in [3.05, 3.63) is 28.2 Å². The summed E-state index contributed by atoms with van der Waals surface area (Å²) in [7, 11) is 0. The third-order valence-electron chi connectivity index (χ3n) is 1.91. The van der Waals surface area contributed by atoms with E-state index in [9.17, 15) is 4.79 Å². The third-order valence-corrected chi connectivity index (χ3v) is 2.36. The average molecular weight is 256 g/mol. The molecular weight excluding hydrogens is 242 g/mol. The maximum Gasteiger partial charge on any atom is 0.221 e. The van der Waals surface area contributed by atoms with E-state index in [2.05, 4.69) is 41.2 Å². The average Bonchev–Trinajstić information content (AvgIpc) is 2.01. The zero-order valence-corrected chi connectivity index (χ0v) is 10.2. The van der Waals surface area contributed by atoms with Crippen LogP contribution in [0, 0.1) is 0 Å². The predicted octanol–water partition coefficient (Wildman–Crippen LogP) is 3.53. The van der Waals surface area contributed by atoms with Gasteiger partial charge < -0.3 is 5.32 Å². The molecule has 0 fully saturated rings. The minimum atomic E-state index is -0.0437. The zero-order valence-electron chi connectivity index (χ0n) is 8.60. The van der Waals surface area contributed by atoms with Crippen LogP contribution in [0.1, 0.15) is 32.3 Å². The molecule has 0 heterocycles. The van der Waals surface area contributed by atoms with E-state index < -0.39 is 0 Å². The summed E-state index contributed by atoms with van der Waals surface area (Å²) in [5.74, 6) is 0.415. The second kappa shape index (κ2) is 4.60. The molecule has 0 aromatic heterocycles. The minimum absolute atomic E-state index is 0.0437. The first kappa shape index (κ1) is 11.2. The molecule has 14 heavy (non-hydrogen) atoms. The Morgan fingerprint density at radius 3 is 2.50 bits per heavy atom. The van der Waals surface area contributed by atoms with E-state index in [-0.39, 0.29) is 5.91 Å². The molecule has 0 unspecified atom stereocenters. The first-order valence-electron chi connectivity index (χ1n) is 4.57. The summed E-state index contributed by atoms with van der Waals surface area (Å²) in [6.07, 6.45) is 0. The van der Waals surface area contributed by atoms with Crippen molar-refractivity contribution in [3.8, 4) is 0 Å². The number of carbonyl (C=O) groups excluding carboxylic acids is 1. The molecule has 3 heteroatoms. The highest BCUT2D eigenvalue weighted by Crippen LogP contribution is 2.24. The first-order valence-corrected chi connectivity index (χ1v) is 5.36. The number of rotatable bonds is 2. The summed E-state index contributed by atoms with van der Waals surface area (Å²) in [5, 5.41) is 2.77. The number of anilines is 1. The normalized spacial score (nSPS) is 10.4. The molecule has 1 rings (SSSR count). The van der Waals surface area contributed by atoms with Crippen molar-refractivity contribution in [2.75, 3.05) is 5.32 Å². The summed E-state index contributed by atoms with van der Waals surface area (Å²) in [5.41, 5.74) is 2.05. The van der Waals surface area contributed by atoms with Gasteiger partial charge in [0.15, 0.2) is 0 Å². The number of hydrogen-bond acceptors (Lipinski definition) is 1. The fourth-order valence-electron chi connectivity index (χ4n) is 1.22. The van der Waals surface area contributed by atoms with E-state index in [4.69, 9.17) is 0 Å². The van der Waals surface area contributed by atoms with Crippen LogP contribution in [-0.2, 0) is 4.79 Å². The summed E-state index contributed by atoms with van der Waals surface area (Å²) in [6, 6.07) is 5.96. The maximum atomic E-state index is 10.9. The lowest BCUT2D eigenvalue weighted by Crippen LogP contribution is -2.06. The van der Waals surface area contributed by atoms with Gasteiger partial charge in [0.2, 0.25) is 5.91 Å². The van der Waals surface area contributed by atoms with Crippen molar-refractivity contribution in [2.45, 2.75) is 26.7 Å².